The van der Waals surface area contributed by atoms with Crippen LogP contribution >= 0.6 is 0 Å². The van der Waals surface area contributed by atoms with Crippen molar-refractivity contribution in [3.05, 3.63) is 47.8 Å². The van der Waals surface area contributed by atoms with E-state index in [1.807, 2.05) is 40.0 Å². The van der Waals surface area contributed by atoms with Crippen molar-refractivity contribution in [3.63, 3.8) is 0 Å². The van der Waals surface area contributed by atoms with Crippen LogP contribution in [0.15, 0.2) is 36.7 Å². The zero-order valence-corrected chi connectivity index (χ0v) is 14.9. The number of amides is 1. The largest absolute Gasteiger partial charge is 0.497 e. The molecule has 1 aliphatic heterocycles. The van der Waals surface area contributed by atoms with E-state index in [-0.39, 0.29) is 11.9 Å². The van der Waals surface area contributed by atoms with E-state index in [0.717, 1.165) is 43.8 Å². The second kappa shape index (κ2) is 8.16. The summed E-state index contributed by atoms with van der Waals surface area (Å²) in [6.07, 6.45) is 5.50. The monoisotopic (exact) mass is 342 g/mol. The van der Waals surface area contributed by atoms with E-state index in [0.29, 0.717) is 12.1 Å². The van der Waals surface area contributed by atoms with E-state index < -0.39 is 0 Å². The van der Waals surface area contributed by atoms with E-state index in [9.17, 15) is 4.79 Å². The molecule has 6 heteroatoms. The summed E-state index contributed by atoms with van der Waals surface area (Å²) in [5.74, 6) is 0.914. The van der Waals surface area contributed by atoms with Crippen LogP contribution in [0.4, 0.5) is 0 Å². The van der Waals surface area contributed by atoms with Crippen molar-refractivity contribution in [2.75, 3.05) is 26.7 Å². The molecule has 0 spiro atoms. The molecular formula is C19H26N4O2. The summed E-state index contributed by atoms with van der Waals surface area (Å²) in [5, 5.41) is 7.71. The summed E-state index contributed by atoms with van der Waals surface area (Å²) < 4.78 is 6.99. The Kier molecular flexibility index (Phi) is 5.71. The number of carbonyl (C=O) groups is 1. The normalized spacial score (nSPS) is 16.8. The third kappa shape index (κ3) is 4.20. The number of nitrogens with one attached hydrogen (secondary N) is 1. The summed E-state index contributed by atoms with van der Waals surface area (Å²) in [5.41, 5.74) is 1.78. The van der Waals surface area contributed by atoms with E-state index in [4.69, 9.17) is 4.74 Å². The Morgan fingerprint density at radius 1 is 1.40 bits per heavy atom. The number of nitrogens with zero attached hydrogens (tertiary/aromatic N) is 3. The van der Waals surface area contributed by atoms with E-state index >= 15 is 0 Å². The topological polar surface area (TPSA) is 59.4 Å². The Morgan fingerprint density at radius 2 is 2.20 bits per heavy atom. The molecule has 1 saturated heterocycles. The maximum Gasteiger partial charge on any atom is 0.257 e. The minimum absolute atomic E-state index is 0.0801. The summed E-state index contributed by atoms with van der Waals surface area (Å²) in [6.45, 7) is 5.39. The molecule has 6 nitrogen and oxygen atoms in total. The first-order valence-electron chi connectivity index (χ1n) is 8.88. The van der Waals surface area contributed by atoms with Gasteiger partial charge in [-0.3, -0.25) is 9.48 Å². The van der Waals surface area contributed by atoms with Crippen LogP contribution in [0.3, 0.4) is 0 Å². The molecule has 25 heavy (non-hydrogen) atoms. The Labute approximate surface area is 148 Å². The highest BCUT2D eigenvalue weighted by molar-refractivity contribution is 5.94. The number of carbonyl (C=O) groups excluding carboxylic acids is 1. The lowest BCUT2D eigenvalue weighted by atomic mass is 10.1. The fourth-order valence-electron chi connectivity index (χ4n) is 3.24. The third-order valence-electron chi connectivity index (χ3n) is 4.58. The van der Waals surface area contributed by atoms with Gasteiger partial charge in [0.1, 0.15) is 5.75 Å². The fraction of sp³-hybridized carbons (Fsp3) is 0.474. The number of hydrogen-bond acceptors (Lipinski definition) is 4. The standard InChI is InChI=1S/C19H26N4O2/c1-3-10-23(17-8-9-20-12-17)19(24)16-11-21-22(14-16)13-15-4-6-18(25-2)7-5-15/h4-7,11,14,17,20H,3,8-10,12-13H2,1-2H3. The van der Waals surface area contributed by atoms with Crippen LogP contribution in [0.2, 0.25) is 0 Å². The van der Waals surface area contributed by atoms with Gasteiger partial charge in [0.2, 0.25) is 0 Å². The molecule has 1 aromatic heterocycles. The minimum Gasteiger partial charge on any atom is -0.497 e. The highest BCUT2D eigenvalue weighted by Gasteiger charge is 2.27. The highest BCUT2D eigenvalue weighted by atomic mass is 16.5. The minimum atomic E-state index is 0.0801. The van der Waals surface area contributed by atoms with Crippen molar-refractivity contribution in [1.29, 1.82) is 0 Å². The van der Waals surface area contributed by atoms with E-state index in [1.165, 1.54) is 0 Å². The van der Waals surface area contributed by atoms with Gasteiger partial charge in [0, 0.05) is 25.3 Å². The maximum atomic E-state index is 12.9. The molecule has 1 aliphatic rings. The molecule has 0 radical (unpaired) electrons. The van der Waals surface area contributed by atoms with Crippen LogP contribution < -0.4 is 10.1 Å². The Hall–Kier alpha value is -2.34. The first-order chi connectivity index (χ1) is 12.2. The molecule has 2 aromatic rings. The van der Waals surface area contributed by atoms with Crippen molar-refractivity contribution >= 4 is 5.91 Å². The lowest BCUT2D eigenvalue weighted by Gasteiger charge is -2.27. The van der Waals surface area contributed by atoms with Gasteiger partial charge >= 0.3 is 0 Å². The van der Waals surface area contributed by atoms with E-state index in [1.54, 1.807) is 13.3 Å². The average molecular weight is 342 g/mol. The lowest BCUT2D eigenvalue weighted by Crippen LogP contribution is -2.42. The van der Waals surface area contributed by atoms with Crippen LogP contribution in [0, 0.1) is 0 Å². The third-order valence-corrected chi connectivity index (χ3v) is 4.58. The predicted molar refractivity (Wildman–Crippen MR) is 96.9 cm³/mol. The molecule has 3 rings (SSSR count). The molecule has 0 aliphatic carbocycles. The molecule has 0 bridgehead atoms. The highest BCUT2D eigenvalue weighted by Crippen LogP contribution is 2.15. The molecule has 1 atom stereocenters. The van der Waals surface area contributed by atoms with Crippen LogP contribution in [0.25, 0.3) is 0 Å². The summed E-state index contributed by atoms with van der Waals surface area (Å²) in [6, 6.07) is 8.17. The smallest absolute Gasteiger partial charge is 0.257 e. The molecule has 134 valence electrons. The lowest BCUT2D eigenvalue weighted by molar-refractivity contribution is 0.0692. The van der Waals surface area contributed by atoms with Crippen LogP contribution in [0.1, 0.15) is 35.7 Å². The Bertz CT molecular complexity index is 690. The molecule has 2 heterocycles. The molecule has 0 saturated carbocycles. The average Bonchev–Trinajstić information content (AvgIpc) is 3.32. The van der Waals surface area contributed by atoms with Gasteiger partial charge in [0.15, 0.2) is 0 Å². The van der Waals surface area contributed by atoms with Crippen LogP contribution in [-0.2, 0) is 6.54 Å². The van der Waals surface area contributed by atoms with Crippen LogP contribution in [0.5, 0.6) is 5.75 Å². The van der Waals surface area contributed by atoms with Gasteiger partial charge in [-0.2, -0.15) is 5.10 Å². The summed E-state index contributed by atoms with van der Waals surface area (Å²) in [4.78, 5) is 14.9. The number of benzene rings is 1. The van der Waals surface area contributed by atoms with Gasteiger partial charge in [-0.15, -0.1) is 0 Å². The second-order valence-electron chi connectivity index (χ2n) is 6.42. The van der Waals surface area contributed by atoms with Crippen LogP contribution in [-0.4, -0.2) is 53.4 Å². The maximum absolute atomic E-state index is 12.9. The molecule has 1 N–H and O–H groups in total. The molecule has 1 fully saturated rings. The quantitative estimate of drug-likeness (QED) is 0.838. The number of aromatic nitrogens is 2. The van der Waals surface area contributed by atoms with Gasteiger partial charge in [0.05, 0.1) is 25.4 Å². The van der Waals surface area contributed by atoms with E-state index in [2.05, 4.69) is 17.3 Å². The number of rotatable bonds is 7. The molecule has 1 unspecified atom stereocenters. The van der Waals surface area contributed by atoms with Crippen molar-refractivity contribution in [3.8, 4) is 5.75 Å². The van der Waals surface area contributed by atoms with Gasteiger partial charge in [-0.05, 0) is 37.1 Å². The zero-order valence-electron chi connectivity index (χ0n) is 14.9. The van der Waals surface area contributed by atoms with Crippen molar-refractivity contribution in [1.82, 2.24) is 20.0 Å². The van der Waals surface area contributed by atoms with Crippen molar-refractivity contribution < 1.29 is 9.53 Å². The van der Waals surface area contributed by atoms with Crippen molar-refractivity contribution in [2.24, 2.45) is 0 Å². The Balaban J connectivity index is 1.69. The second-order valence-corrected chi connectivity index (χ2v) is 6.42. The Morgan fingerprint density at radius 3 is 2.84 bits per heavy atom. The fourth-order valence-corrected chi connectivity index (χ4v) is 3.24. The summed E-state index contributed by atoms with van der Waals surface area (Å²) >= 11 is 0. The molecule has 1 aromatic carbocycles. The first-order valence-corrected chi connectivity index (χ1v) is 8.88. The van der Waals surface area contributed by atoms with Gasteiger partial charge < -0.3 is 15.0 Å². The molecular weight excluding hydrogens is 316 g/mol. The van der Waals surface area contributed by atoms with Crippen molar-refractivity contribution in [2.45, 2.75) is 32.4 Å². The number of hydrogen-bond donors (Lipinski definition) is 1. The zero-order chi connectivity index (χ0) is 17.6. The van der Waals surface area contributed by atoms with Gasteiger partial charge in [0.25, 0.3) is 5.91 Å². The number of methoxy groups -OCH3 is 1. The number of ether oxygens (including phenoxy) is 1. The van der Waals surface area contributed by atoms with Gasteiger partial charge in [-0.25, -0.2) is 0 Å². The summed E-state index contributed by atoms with van der Waals surface area (Å²) in [7, 11) is 1.66. The predicted octanol–water partition coefficient (Wildman–Crippen LogP) is 2.15. The SMILES string of the molecule is CCCN(C(=O)c1cnn(Cc2ccc(OC)cc2)c1)C1CCNC1. The van der Waals surface area contributed by atoms with Gasteiger partial charge in [-0.1, -0.05) is 19.1 Å². The first kappa shape index (κ1) is 17.5. The molecule has 1 amide bonds.